The van der Waals surface area contributed by atoms with Crippen LogP contribution in [0.25, 0.3) is 0 Å². The van der Waals surface area contributed by atoms with Gasteiger partial charge < -0.3 is 4.90 Å². The van der Waals surface area contributed by atoms with Crippen LogP contribution in [0.3, 0.4) is 0 Å². The maximum atomic E-state index is 12.5. The molecular weight excluding hydrogens is 336 g/mol. The van der Waals surface area contributed by atoms with Gasteiger partial charge in [0, 0.05) is 24.3 Å². The highest BCUT2D eigenvalue weighted by Gasteiger charge is 2.22. The number of rotatable bonds is 4. The van der Waals surface area contributed by atoms with Crippen molar-refractivity contribution in [2.24, 2.45) is 5.92 Å². The first kappa shape index (κ1) is 17.5. The second kappa shape index (κ2) is 7.27. The van der Waals surface area contributed by atoms with Gasteiger partial charge in [0.05, 0.1) is 4.90 Å². The lowest BCUT2D eigenvalue weighted by atomic mass is 9.98. The van der Waals surface area contributed by atoms with Gasteiger partial charge in [-0.2, -0.15) is 0 Å². The lowest BCUT2D eigenvalue weighted by molar-refractivity contribution is 0.0697. The van der Waals surface area contributed by atoms with Crippen LogP contribution in [0.4, 0.5) is 5.69 Å². The molecule has 1 N–H and O–H groups in total. The van der Waals surface area contributed by atoms with Crippen molar-refractivity contribution in [3.63, 3.8) is 0 Å². The SMILES string of the molecule is CC1CCN(C(=O)c2ccc(S(=O)(=O)Nc3ccccc3)cc2)CC1. The Hall–Kier alpha value is -2.34. The Morgan fingerprint density at radius 1 is 1.00 bits per heavy atom. The summed E-state index contributed by atoms with van der Waals surface area (Å²) in [7, 11) is -3.66. The van der Waals surface area contributed by atoms with Crippen LogP contribution in [0.15, 0.2) is 59.5 Å². The van der Waals surface area contributed by atoms with E-state index in [1.165, 1.54) is 12.1 Å². The Labute approximate surface area is 148 Å². The highest BCUT2D eigenvalue weighted by molar-refractivity contribution is 7.92. The summed E-state index contributed by atoms with van der Waals surface area (Å²) >= 11 is 0. The van der Waals surface area contributed by atoms with Gasteiger partial charge in [0.25, 0.3) is 15.9 Å². The minimum absolute atomic E-state index is 0.0353. The van der Waals surface area contributed by atoms with Crippen LogP contribution in [0.1, 0.15) is 30.1 Å². The van der Waals surface area contributed by atoms with Crippen molar-refractivity contribution < 1.29 is 13.2 Å². The van der Waals surface area contributed by atoms with E-state index < -0.39 is 10.0 Å². The molecule has 1 aliphatic rings. The number of nitrogens with zero attached hydrogens (tertiary/aromatic N) is 1. The maximum absolute atomic E-state index is 12.5. The molecule has 1 fully saturated rings. The largest absolute Gasteiger partial charge is 0.339 e. The molecule has 1 aliphatic heterocycles. The molecule has 0 spiro atoms. The van der Waals surface area contributed by atoms with E-state index in [4.69, 9.17) is 0 Å². The summed E-state index contributed by atoms with van der Waals surface area (Å²) < 4.78 is 27.4. The van der Waals surface area contributed by atoms with Crippen LogP contribution in [0.5, 0.6) is 0 Å². The molecule has 0 atom stereocenters. The molecule has 5 nitrogen and oxygen atoms in total. The molecule has 1 heterocycles. The van der Waals surface area contributed by atoms with Gasteiger partial charge in [-0.1, -0.05) is 25.1 Å². The van der Waals surface area contributed by atoms with Crippen LogP contribution in [0, 0.1) is 5.92 Å². The highest BCUT2D eigenvalue weighted by Crippen LogP contribution is 2.20. The van der Waals surface area contributed by atoms with Crippen molar-refractivity contribution in [2.45, 2.75) is 24.7 Å². The molecule has 0 unspecified atom stereocenters. The van der Waals surface area contributed by atoms with Crippen LogP contribution in [-0.2, 0) is 10.0 Å². The predicted molar refractivity (Wildman–Crippen MR) is 98.0 cm³/mol. The highest BCUT2D eigenvalue weighted by atomic mass is 32.2. The molecule has 25 heavy (non-hydrogen) atoms. The first-order valence-corrected chi connectivity index (χ1v) is 9.91. The number of piperidine rings is 1. The minimum Gasteiger partial charge on any atom is -0.339 e. The van der Waals surface area contributed by atoms with Gasteiger partial charge in [-0.25, -0.2) is 8.42 Å². The maximum Gasteiger partial charge on any atom is 0.261 e. The lowest BCUT2D eigenvalue weighted by Gasteiger charge is -2.30. The molecule has 2 aromatic carbocycles. The second-order valence-corrected chi connectivity index (χ2v) is 8.15. The van der Waals surface area contributed by atoms with Crippen LogP contribution in [-0.4, -0.2) is 32.3 Å². The van der Waals surface area contributed by atoms with E-state index >= 15 is 0 Å². The van der Waals surface area contributed by atoms with Gasteiger partial charge in [-0.3, -0.25) is 9.52 Å². The Balaban J connectivity index is 1.72. The summed E-state index contributed by atoms with van der Waals surface area (Å²) in [6.45, 7) is 3.71. The third kappa shape index (κ3) is 4.20. The number of para-hydroxylation sites is 1. The van der Waals surface area contributed by atoms with Crippen LogP contribution >= 0.6 is 0 Å². The number of hydrogen-bond acceptors (Lipinski definition) is 3. The molecule has 132 valence electrons. The van der Waals surface area contributed by atoms with Crippen molar-refractivity contribution >= 4 is 21.6 Å². The Morgan fingerprint density at radius 3 is 2.20 bits per heavy atom. The number of sulfonamides is 1. The Kier molecular flexibility index (Phi) is 5.08. The average Bonchev–Trinajstić information content (AvgIpc) is 2.62. The van der Waals surface area contributed by atoms with Crippen molar-refractivity contribution in [2.75, 3.05) is 17.8 Å². The van der Waals surface area contributed by atoms with E-state index in [1.54, 1.807) is 36.4 Å². The number of likely N-dealkylation sites (tertiary alicyclic amines) is 1. The van der Waals surface area contributed by atoms with E-state index in [1.807, 2.05) is 11.0 Å². The summed E-state index contributed by atoms with van der Waals surface area (Å²) in [5, 5.41) is 0. The van der Waals surface area contributed by atoms with Gasteiger partial charge in [-0.15, -0.1) is 0 Å². The van der Waals surface area contributed by atoms with Crippen molar-refractivity contribution in [1.82, 2.24) is 4.90 Å². The molecule has 3 rings (SSSR count). The number of carbonyl (C=O) groups excluding carboxylic acids is 1. The summed E-state index contributed by atoms with van der Waals surface area (Å²) in [5.41, 5.74) is 1.03. The fraction of sp³-hybridized carbons (Fsp3) is 0.316. The lowest BCUT2D eigenvalue weighted by Crippen LogP contribution is -2.37. The molecule has 1 amide bonds. The Bertz CT molecular complexity index is 825. The average molecular weight is 358 g/mol. The quantitative estimate of drug-likeness (QED) is 0.911. The molecule has 2 aromatic rings. The normalized spacial score (nSPS) is 15.8. The van der Waals surface area contributed by atoms with E-state index in [2.05, 4.69) is 11.6 Å². The van der Waals surface area contributed by atoms with E-state index in [-0.39, 0.29) is 10.8 Å². The monoisotopic (exact) mass is 358 g/mol. The van der Waals surface area contributed by atoms with Crippen molar-refractivity contribution in [3.8, 4) is 0 Å². The van der Waals surface area contributed by atoms with Crippen molar-refractivity contribution in [3.05, 3.63) is 60.2 Å². The van der Waals surface area contributed by atoms with Gasteiger partial charge in [0.1, 0.15) is 0 Å². The third-order valence-corrected chi connectivity index (χ3v) is 5.91. The smallest absolute Gasteiger partial charge is 0.261 e. The first-order valence-electron chi connectivity index (χ1n) is 8.43. The third-order valence-electron chi connectivity index (χ3n) is 4.51. The van der Waals surface area contributed by atoms with Gasteiger partial charge in [0.2, 0.25) is 0 Å². The predicted octanol–water partition coefficient (Wildman–Crippen LogP) is 3.36. The molecule has 0 bridgehead atoms. The molecular formula is C19H22N2O3S. The van der Waals surface area contributed by atoms with Gasteiger partial charge in [0.15, 0.2) is 0 Å². The number of hydrogen-bond donors (Lipinski definition) is 1. The summed E-state index contributed by atoms with van der Waals surface area (Å²) in [5.74, 6) is 0.618. The summed E-state index contributed by atoms with van der Waals surface area (Å²) in [4.78, 5) is 14.5. The molecule has 0 aliphatic carbocycles. The van der Waals surface area contributed by atoms with Crippen LogP contribution < -0.4 is 4.72 Å². The molecule has 1 saturated heterocycles. The fourth-order valence-electron chi connectivity index (χ4n) is 2.89. The minimum atomic E-state index is -3.66. The number of anilines is 1. The number of carbonyl (C=O) groups is 1. The van der Waals surface area contributed by atoms with Crippen LogP contribution in [0.2, 0.25) is 0 Å². The second-order valence-electron chi connectivity index (χ2n) is 6.47. The Morgan fingerprint density at radius 2 is 1.60 bits per heavy atom. The molecule has 0 radical (unpaired) electrons. The zero-order chi connectivity index (χ0) is 17.9. The van der Waals surface area contributed by atoms with Gasteiger partial charge >= 0.3 is 0 Å². The summed E-state index contributed by atoms with van der Waals surface area (Å²) in [6.07, 6.45) is 2.03. The van der Waals surface area contributed by atoms with E-state index in [0.29, 0.717) is 17.2 Å². The van der Waals surface area contributed by atoms with E-state index in [9.17, 15) is 13.2 Å². The molecule has 0 aromatic heterocycles. The number of amides is 1. The fourth-order valence-corrected chi connectivity index (χ4v) is 3.95. The van der Waals surface area contributed by atoms with Gasteiger partial charge in [-0.05, 0) is 55.2 Å². The zero-order valence-corrected chi connectivity index (χ0v) is 15.0. The molecule has 6 heteroatoms. The van der Waals surface area contributed by atoms with Crippen molar-refractivity contribution in [1.29, 1.82) is 0 Å². The first-order chi connectivity index (χ1) is 12.0. The zero-order valence-electron chi connectivity index (χ0n) is 14.2. The standard InChI is InChI=1S/C19H22N2O3S/c1-15-11-13-21(14-12-15)19(22)16-7-9-18(10-8-16)25(23,24)20-17-5-3-2-4-6-17/h2-10,15,20H,11-14H2,1H3. The topological polar surface area (TPSA) is 66.5 Å². The molecule has 0 saturated carbocycles. The van der Waals surface area contributed by atoms with E-state index in [0.717, 1.165) is 25.9 Å². The summed E-state index contributed by atoms with van der Waals surface area (Å²) in [6, 6.07) is 14.8. The number of benzene rings is 2. The number of nitrogens with one attached hydrogen (secondary N) is 1.